The maximum Gasteiger partial charge on any atom is 0.416 e. The van der Waals surface area contributed by atoms with Crippen molar-refractivity contribution < 1.29 is 17.9 Å². The van der Waals surface area contributed by atoms with Crippen LogP contribution in [0.4, 0.5) is 13.2 Å². The lowest BCUT2D eigenvalue weighted by Crippen LogP contribution is -2.32. The van der Waals surface area contributed by atoms with E-state index in [4.69, 9.17) is 4.74 Å². The first-order valence-electron chi connectivity index (χ1n) is 8.25. The molecule has 2 aromatic rings. The molecule has 4 nitrogen and oxygen atoms in total. The maximum atomic E-state index is 12.6. The summed E-state index contributed by atoms with van der Waals surface area (Å²) >= 11 is 0. The molecule has 1 saturated heterocycles. The predicted octanol–water partition coefficient (Wildman–Crippen LogP) is 3.67. The van der Waals surface area contributed by atoms with Crippen molar-refractivity contribution in [3.8, 4) is 11.8 Å². The monoisotopic (exact) mass is 362 g/mol. The molecule has 0 radical (unpaired) electrons. The van der Waals surface area contributed by atoms with Gasteiger partial charge in [-0.3, -0.25) is 4.79 Å². The minimum atomic E-state index is -4.38. The smallest absolute Gasteiger partial charge is 0.356 e. The van der Waals surface area contributed by atoms with Crippen molar-refractivity contribution >= 4 is 0 Å². The molecule has 0 saturated carbocycles. The fourth-order valence-electron chi connectivity index (χ4n) is 2.69. The fraction of sp³-hybridized carbons (Fsp3) is 0.368. The quantitative estimate of drug-likeness (QED) is 0.727. The van der Waals surface area contributed by atoms with Gasteiger partial charge in [0.1, 0.15) is 0 Å². The Morgan fingerprint density at radius 1 is 1.19 bits per heavy atom. The summed E-state index contributed by atoms with van der Waals surface area (Å²) < 4.78 is 44.6. The van der Waals surface area contributed by atoms with Gasteiger partial charge in [0.25, 0.3) is 5.56 Å². The highest BCUT2D eigenvalue weighted by Gasteiger charge is 2.29. The molecule has 0 N–H and O–H groups in total. The minimum Gasteiger partial charge on any atom is -0.356 e. The Kier molecular flexibility index (Phi) is 5.14. The van der Waals surface area contributed by atoms with E-state index < -0.39 is 11.7 Å². The second-order valence-electron chi connectivity index (χ2n) is 6.08. The van der Waals surface area contributed by atoms with Crippen LogP contribution in [0.15, 0.2) is 35.3 Å². The summed E-state index contributed by atoms with van der Waals surface area (Å²) in [5.74, 6) is 5.58. The van der Waals surface area contributed by atoms with Crippen LogP contribution < -0.4 is 5.56 Å². The Morgan fingerprint density at radius 3 is 2.54 bits per heavy atom. The van der Waals surface area contributed by atoms with Crippen molar-refractivity contribution in [2.24, 2.45) is 0 Å². The van der Waals surface area contributed by atoms with Gasteiger partial charge in [-0.15, -0.1) is 0 Å². The third kappa shape index (κ3) is 3.97. The van der Waals surface area contributed by atoms with Crippen LogP contribution in [0, 0.1) is 18.8 Å². The first-order valence-corrected chi connectivity index (χ1v) is 8.25. The van der Waals surface area contributed by atoms with E-state index >= 15 is 0 Å². The SMILES string of the molecule is Cc1c(C#Cc2ccc(C(F)(F)F)cc2)cnn(C2CCCCO2)c1=O. The molecule has 1 unspecified atom stereocenters. The molecule has 0 amide bonds. The summed E-state index contributed by atoms with van der Waals surface area (Å²) in [7, 11) is 0. The van der Waals surface area contributed by atoms with Crippen molar-refractivity contribution in [3.05, 3.63) is 63.1 Å². The number of alkyl halides is 3. The zero-order valence-corrected chi connectivity index (χ0v) is 14.1. The van der Waals surface area contributed by atoms with E-state index in [1.165, 1.54) is 23.0 Å². The van der Waals surface area contributed by atoms with Crippen LogP contribution in [0.2, 0.25) is 0 Å². The molecular weight excluding hydrogens is 345 g/mol. The van der Waals surface area contributed by atoms with E-state index in [0.29, 0.717) is 23.3 Å². The average Bonchev–Trinajstić information content (AvgIpc) is 2.63. The molecule has 7 heteroatoms. The fourth-order valence-corrected chi connectivity index (χ4v) is 2.69. The molecule has 1 aliphatic rings. The Bertz CT molecular complexity index is 900. The number of hydrogen-bond acceptors (Lipinski definition) is 3. The number of halogens is 3. The van der Waals surface area contributed by atoms with Crippen LogP contribution in [0.25, 0.3) is 0 Å². The third-order valence-electron chi connectivity index (χ3n) is 4.23. The number of aromatic nitrogens is 2. The summed E-state index contributed by atoms with van der Waals surface area (Å²) in [6, 6.07) is 4.56. The van der Waals surface area contributed by atoms with Gasteiger partial charge in [-0.25, -0.2) is 4.68 Å². The maximum absolute atomic E-state index is 12.6. The predicted molar refractivity (Wildman–Crippen MR) is 89.5 cm³/mol. The third-order valence-corrected chi connectivity index (χ3v) is 4.23. The van der Waals surface area contributed by atoms with Gasteiger partial charge in [-0.05, 0) is 50.5 Å². The van der Waals surface area contributed by atoms with Crippen molar-refractivity contribution in [1.29, 1.82) is 0 Å². The number of rotatable bonds is 1. The van der Waals surface area contributed by atoms with Gasteiger partial charge in [-0.2, -0.15) is 18.3 Å². The molecule has 2 heterocycles. The second kappa shape index (κ2) is 7.34. The molecule has 136 valence electrons. The number of nitrogens with zero attached hydrogens (tertiary/aromatic N) is 2. The van der Waals surface area contributed by atoms with E-state index in [1.54, 1.807) is 6.92 Å². The van der Waals surface area contributed by atoms with Crippen LogP contribution in [0.5, 0.6) is 0 Å². The van der Waals surface area contributed by atoms with E-state index in [2.05, 4.69) is 16.9 Å². The summed E-state index contributed by atoms with van der Waals surface area (Å²) in [5.41, 5.74) is 0.319. The molecule has 3 rings (SSSR count). The van der Waals surface area contributed by atoms with Crippen LogP contribution in [-0.4, -0.2) is 16.4 Å². The van der Waals surface area contributed by atoms with Crippen molar-refractivity contribution in [2.75, 3.05) is 6.61 Å². The molecule has 1 aromatic carbocycles. The van der Waals surface area contributed by atoms with Gasteiger partial charge in [0.2, 0.25) is 0 Å². The van der Waals surface area contributed by atoms with Crippen LogP contribution in [0.3, 0.4) is 0 Å². The first kappa shape index (κ1) is 18.2. The molecule has 1 aromatic heterocycles. The lowest BCUT2D eigenvalue weighted by molar-refractivity contribution is -0.137. The van der Waals surface area contributed by atoms with Crippen molar-refractivity contribution in [1.82, 2.24) is 9.78 Å². The summed E-state index contributed by atoms with van der Waals surface area (Å²) in [6.07, 6.45) is -0.548. The highest BCUT2D eigenvalue weighted by atomic mass is 19.4. The second-order valence-corrected chi connectivity index (χ2v) is 6.08. The highest BCUT2D eigenvalue weighted by Crippen LogP contribution is 2.29. The number of benzene rings is 1. The normalized spacial score (nSPS) is 17.5. The van der Waals surface area contributed by atoms with Crippen LogP contribution >= 0.6 is 0 Å². The minimum absolute atomic E-state index is 0.267. The molecule has 0 bridgehead atoms. The van der Waals surface area contributed by atoms with Gasteiger partial charge in [0.15, 0.2) is 6.23 Å². The molecule has 26 heavy (non-hydrogen) atoms. The molecule has 0 aliphatic carbocycles. The lowest BCUT2D eigenvalue weighted by atomic mass is 10.1. The van der Waals surface area contributed by atoms with Gasteiger partial charge in [-0.1, -0.05) is 11.8 Å². The Labute approximate surface area is 148 Å². The molecular formula is C19H17F3N2O2. The average molecular weight is 362 g/mol. The van der Waals surface area contributed by atoms with Crippen molar-refractivity contribution in [3.63, 3.8) is 0 Å². The number of ether oxygens (including phenoxy) is 1. The van der Waals surface area contributed by atoms with E-state index in [9.17, 15) is 18.0 Å². The van der Waals surface area contributed by atoms with E-state index in [-0.39, 0.29) is 11.8 Å². The molecule has 0 spiro atoms. The van der Waals surface area contributed by atoms with Gasteiger partial charge >= 0.3 is 6.18 Å². The van der Waals surface area contributed by atoms with Crippen molar-refractivity contribution in [2.45, 2.75) is 38.6 Å². The van der Waals surface area contributed by atoms with Gasteiger partial charge < -0.3 is 4.74 Å². The largest absolute Gasteiger partial charge is 0.416 e. The van der Waals surface area contributed by atoms with Gasteiger partial charge in [0, 0.05) is 17.7 Å². The van der Waals surface area contributed by atoms with Gasteiger partial charge in [0.05, 0.1) is 17.3 Å². The zero-order chi connectivity index (χ0) is 18.7. The zero-order valence-electron chi connectivity index (χ0n) is 14.1. The topological polar surface area (TPSA) is 44.1 Å². The summed E-state index contributed by atoms with van der Waals surface area (Å²) in [6.45, 7) is 2.26. The van der Waals surface area contributed by atoms with Crippen LogP contribution in [0.1, 0.15) is 47.7 Å². The number of hydrogen-bond donors (Lipinski definition) is 0. The summed E-state index contributed by atoms with van der Waals surface area (Å²) in [5, 5.41) is 4.15. The Hall–Kier alpha value is -2.59. The van der Waals surface area contributed by atoms with Crippen LogP contribution in [-0.2, 0) is 10.9 Å². The highest BCUT2D eigenvalue weighted by molar-refractivity contribution is 5.45. The summed E-state index contributed by atoms with van der Waals surface area (Å²) in [4.78, 5) is 12.5. The van der Waals surface area contributed by atoms with E-state index in [1.807, 2.05) is 0 Å². The van der Waals surface area contributed by atoms with E-state index in [0.717, 1.165) is 31.4 Å². The molecule has 1 aliphatic heterocycles. The Balaban J connectivity index is 1.84. The Morgan fingerprint density at radius 2 is 1.92 bits per heavy atom. The molecule has 1 atom stereocenters. The first-order chi connectivity index (χ1) is 12.4. The lowest BCUT2D eigenvalue weighted by Gasteiger charge is -2.23. The molecule has 1 fully saturated rings. The standard InChI is InChI=1S/C19H17F3N2O2/c1-13-15(8-5-14-6-9-16(10-7-14)19(20,21)22)12-23-24(18(13)25)17-4-2-3-11-26-17/h6-7,9-10,12,17H,2-4,11H2,1H3.